The number of nitrogens with zero attached hydrogens (tertiary/aromatic N) is 2. The number of allylic oxidation sites excluding steroid dienone is 1. The number of aliphatic carboxylic acids is 2. The quantitative estimate of drug-likeness (QED) is 0.252. The topological polar surface area (TPSA) is 178 Å². The number of rotatable bonds is 7. The predicted octanol–water partition coefficient (Wildman–Crippen LogP) is 1.56. The van der Waals surface area contributed by atoms with Crippen LogP contribution >= 0.6 is 0 Å². The summed E-state index contributed by atoms with van der Waals surface area (Å²) < 4.78 is 0. The Balaban J connectivity index is 1.73. The minimum Gasteiger partial charge on any atom is -0.479 e. The van der Waals surface area contributed by atoms with E-state index in [0.29, 0.717) is 37.1 Å². The molecular formula is C25H36N2O9. The van der Waals surface area contributed by atoms with Crippen LogP contribution in [0.25, 0.3) is 0 Å². The molecule has 4 rings (SSSR count). The molecule has 200 valence electrons. The second-order valence-electron chi connectivity index (χ2n) is 11.3. The number of aliphatic hydroxyl groups excluding tert-OH is 2. The van der Waals surface area contributed by atoms with Crippen molar-refractivity contribution in [3.63, 3.8) is 0 Å². The summed E-state index contributed by atoms with van der Waals surface area (Å²) in [6, 6.07) is 0. The lowest BCUT2D eigenvalue weighted by molar-refractivity contribution is -0.143. The molecule has 0 spiro atoms. The van der Waals surface area contributed by atoms with Crippen LogP contribution in [0.15, 0.2) is 22.0 Å². The van der Waals surface area contributed by atoms with Crippen LogP contribution in [0.3, 0.4) is 0 Å². The summed E-state index contributed by atoms with van der Waals surface area (Å²) in [5.41, 5.74) is -0.448. The zero-order chi connectivity index (χ0) is 26.5. The Labute approximate surface area is 209 Å². The fourth-order valence-corrected chi connectivity index (χ4v) is 7.57. The van der Waals surface area contributed by atoms with Crippen molar-refractivity contribution in [2.45, 2.75) is 77.1 Å². The van der Waals surface area contributed by atoms with Gasteiger partial charge in [-0.3, -0.25) is 0 Å². The highest BCUT2D eigenvalue weighted by atomic mass is 16.6. The largest absolute Gasteiger partial charge is 0.479 e. The van der Waals surface area contributed by atoms with Gasteiger partial charge < -0.3 is 35.2 Å². The van der Waals surface area contributed by atoms with Gasteiger partial charge in [-0.25, -0.2) is 9.59 Å². The Kier molecular flexibility index (Phi) is 6.95. The molecule has 6 unspecified atom stereocenters. The molecular weight excluding hydrogens is 472 g/mol. The summed E-state index contributed by atoms with van der Waals surface area (Å²) in [5, 5.41) is 59.3. The molecule has 0 saturated heterocycles. The second kappa shape index (κ2) is 9.42. The van der Waals surface area contributed by atoms with Gasteiger partial charge in [0.1, 0.15) is 0 Å². The molecule has 4 aliphatic carbocycles. The zero-order valence-electron chi connectivity index (χ0n) is 20.9. The molecule has 11 nitrogen and oxygen atoms in total. The van der Waals surface area contributed by atoms with Gasteiger partial charge in [0.2, 0.25) is 13.2 Å². The van der Waals surface area contributed by atoms with Crippen molar-refractivity contribution in [1.82, 2.24) is 0 Å². The molecule has 0 aromatic rings. The highest BCUT2D eigenvalue weighted by molar-refractivity contribution is 5.99. The predicted molar refractivity (Wildman–Crippen MR) is 127 cm³/mol. The normalized spacial score (nSPS) is 43.2. The smallest absolute Gasteiger partial charge is 0.344 e. The Hall–Kier alpha value is -2.50. The third-order valence-corrected chi connectivity index (χ3v) is 9.40. The zero-order valence-corrected chi connectivity index (χ0v) is 20.9. The number of hydrogen-bond donors (Lipinski definition) is 5. The molecule has 8 atom stereocenters. The number of carbonyl (C=O) groups is 2. The summed E-state index contributed by atoms with van der Waals surface area (Å²) in [6.45, 7) is 4.70. The molecule has 0 radical (unpaired) electrons. The fraction of sp³-hybridized carbons (Fsp3) is 0.760. The standard InChI is InChI=1S/C25H36N2O9/c1-13(26-35-11-21(30)31)14-5-7-25(34)16-8-18(27-36-12-22(32)33)17-9-19(28)20(29)10-23(17,2)15(16)4-6-24(14,25)3/h8,14-15,17,19-20,28-29,34H,4-7,9-12H2,1-3H3,(H,30,31)(H,32,33)/b26-13-,27-18+/t14-,15?,17?,19?,20?,23?,24?,25-/m1/s1. The highest BCUT2D eigenvalue weighted by Gasteiger charge is 2.66. The molecule has 0 aromatic heterocycles. The molecule has 36 heavy (non-hydrogen) atoms. The van der Waals surface area contributed by atoms with Crippen molar-refractivity contribution in [2.24, 2.45) is 38.9 Å². The lowest BCUT2D eigenvalue weighted by Gasteiger charge is -2.60. The van der Waals surface area contributed by atoms with E-state index >= 15 is 0 Å². The van der Waals surface area contributed by atoms with E-state index in [9.17, 15) is 24.9 Å². The van der Waals surface area contributed by atoms with Gasteiger partial charge in [0.25, 0.3) is 0 Å². The van der Waals surface area contributed by atoms with Gasteiger partial charge in [0.15, 0.2) is 0 Å². The van der Waals surface area contributed by atoms with Crippen molar-refractivity contribution < 1.29 is 44.8 Å². The maximum Gasteiger partial charge on any atom is 0.344 e. The Morgan fingerprint density at radius 1 is 1.03 bits per heavy atom. The molecule has 11 heteroatoms. The van der Waals surface area contributed by atoms with Crippen molar-refractivity contribution in [2.75, 3.05) is 13.2 Å². The average Bonchev–Trinajstić information content (AvgIpc) is 3.06. The SMILES string of the molecule is C/C(=N/OCC(=O)O)[C@H]1CC[C@@]2(O)C3=C/C(=N\OCC(=O)O)C4CC(O)C(O)CC4(C)C3CCC12C. The molecule has 0 aromatic carbocycles. The molecule has 5 N–H and O–H groups in total. The summed E-state index contributed by atoms with van der Waals surface area (Å²) in [6.07, 6.45) is 3.07. The summed E-state index contributed by atoms with van der Waals surface area (Å²) in [4.78, 5) is 31.9. The number of fused-ring (bicyclic) bond motifs is 5. The summed E-state index contributed by atoms with van der Waals surface area (Å²) in [7, 11) is 0. The van der Waals surface area contributed by atoms with Crippen LogP contribution in [-0.2, 0) is 19.3 Å². The maximum atomic E-state index is 12.3. The first-order valence-corrected chi connectivity index (χ1v) is 12.4. The minimum atomic E-state index is -1.22. The monoisotopic (exact) mass is 508 g/mol. The van der Waals surface area contributed by atoms with Gasteiger partial charge >= 0.3 is 11.9 Å². The van der Waals surface area contributed by atoms with Crippen LogP contribution in [0.2, 0.25) is 0 Å². The Morgan fingerprint density at radius 3 is 2.36 bits per heavy atom. The van der Waals surface area contributed by atoms with Crippen LogP contribution in [0.5, 0.6) is 0 Å². The van der Waals surface area contributed by atoms with E-state index in [4.69, 9.17) is 19.9 Å². The lowest BCUT2D eigenvalue weighted by Crippen LogP contribution is -2.61. The third-order valence-electron chi connectivity index (χ3n) is 9.40. The Morgan fingerprint density at radius 2 is 1.69 bits per heavy atom. The lowest BCUT2D eigenvalue weighted by atomic mass is 9.46. The third kappa shape index (κ3) is 4.20. The molecule has 0 heterocycles. The van der Waals surface area contributed by atoms with Crippen molar-refractivity contribution in [3.05, 3.63) is 11.6 Å². The first kappa shape index (κ1) is 26.6. The number of carboxylic acid groups (broad SMARTS) is 2. The van der Waals surface area contributed by atoms with E-state index in [1.165, 1.54) is 0 Å². The number of aliphatic hydroxyl groups is 3. The van der Waals surface area contributed by atoms with Gasteiger partial charge in [-0.05, 0) is 68.4 Å². The molecule has 0 amide bonds. The molecule has 3 fully saturated rings. The van der Waals surface area contributed by atoms with E-state index in [0.717, 1.165) is 12.0 Å². The van der Waals surface area contributed by atoms with Crippen molar-refractivity contribution in [3.8, 4) is 0 Å². The van der Waals surface area contributed by atoms with E-state index in [1.807, 2.05) is 19.9 Å². The van der Waals surface area contributed by atoms with Gasteiger partial charge in [0, 0.05) is 17.3 Å². The van der Waals surface area contributed by atoms with Crippen LogP contribution in [-0.4, -0.2) is 79.9 Å². The van der Waals surface area contributed by atoms with E-state index in [2.05, 4.69) is 10.3 Å². The van der Waals surface area contributed by atoms with Crippen molar-refractivity contribution >= 4 is 23.4 Å². The fourth-order valence-electron chi connectivity index (χ4n) is 7.57. The maximum absolute atomic E-state index is 12.3. The first-order chi connectivity index (χ1) is 16.8. The van der Waals surface area contributed by atoms with E-state index < -0.39 is 53.8 Å². The van der Waals surface area contributed by atoms with Crippen molar-refractivity contribution in [1.29, 1.82) is 0 Å². The Bertz CT molecular complexity index is 1010. The first-order valence-electron chi connectivity index (χ1n) is 12.4. The molecule has 0 aliphatic heterocycles. The van der Waals surface area contributed by atoms with Gasteiger partial charge in [-0.2, -0.15) is 0 Å². The van der Waals surface area contributed by atoms with Gasteiger partial charge in [-0.1, -0.05) is 24.2 Å². The second-order valence-corrected chi connectivity index (χ2v) is 11.3. The van der Waals surface area contributed by atoms with Crippen LogP contribution in [0.1, 0.15) is 59.3 Å². The van der Waals surface area contributed by atoms with Crippen LogP contribution in [0.4, 0.5) is 0 Å². The molecule has 4 aliphatic rings. The number of oxime groups is 2. The number of hydrogen-bond acceptors (Lipinski definition) is 9. The van der Waals surface area contributed by atoms with Gasteiger partial charge in [0.05, 0.1) is 29.2 Å². The highest BCUT2D eigenvalue weighted by Crippen LogP contribution is 2.67. The summed E-state index contributed by atoms with van der Waals surface area (Å²) >= 11 is 0. The van der Waals surface area contributed by atoms with Crippen LogP contribution in [0, 0.1) is 28.6 Å². The molecule has 3 saturated carbocycles. The van der Waals surface area contributed by atoms with E-state index in [-0.39, 0.29) is 24.2 Å². The average molecular weight is 509 g/mol. The summed E-state index contributed by atoms with van der Waals surface area (Å²) in [5.74, 6) is -2.75. The minimum absolute atomic E-state index is 0.0691. The van der Waals surface area contributed by atoms with E-state index in [1.54, 1.807) is 6.92 Å². The van der Waals surface area contributed by atoms with Gasteiger partial charge in [-0.15, -0.1) is 0 Å². The number of carboxylic acids is 2. The van der Waals surface area contributed by atoms with Crippen LogP contribution < -0.4 is 0 Å². The molecule has 0 bridgehead atoms.